The molecule has 2 N–H and O–H groups in total. The Hall–Kier alpha value is -4.07. The van der Waals surface area contributed by atoms with E-state index in [4.69, 9.17) is 16.7 Å². The minimum atomic E-state index is -0.288. The van der Waals surface area contributed by atoms with Crippen LogP contribution in [0.3, 0.4) is 0 Å². The van der Waals surface area contributed by atoms with Crippen molar-refractivity contribution >= 4 is 29.3 Å². The fraction of sp³-hybridized carbons (Fsp3) is 0.182. The van der Waals surface area contributed by atoms with E-state index >= 15 is 0 Å². The molecular formula is C33H31ClN4O2S. The Balaban J connectivity index is 1.40. The van der Waals surface area contributed by atoms with Gasteiger partial charge in [0.1, 0.15) is 11.6 Å². The molecule has 0 aliphatic rings. The molecule has 0 saturated carbocycles. The molecule has 0 radical (unpaired) electrons. The number of hydrogen-bond donors (Lipinski definition) is 2. The highest BCUT2D eigenvalue weighted by Crippen LogP contribution is 2.32. The Bertz CT molecular complexity index is 1580. The summed E-state index contributed by atoms with van der Waals surface area (Å²) in [6, 6.07) is 35.0. The van der Waals surface area contributed by atoms with Crippen molar-refractivity contribution in [1.29, 1.82) is 0 Å². The molecule has 1 atom stereocenters. The van der Waals surface area contributed by atoms with Gasteiger partial charge in [-0.25, -0.2) is 0 Å². The predicted molar refractivity (Wildman–Crippen MR) is 165 cm³/mol. The third-order valence-electron chi connectivity index (χ3n) is 6.79. The molecule has 41 heavy (non-hydrogen) atoms. The zero-order chi connectivity index (χ0) is 28.4. The first-order chi connectivity index (χ1) is 20.1. The molecule has 1 unspecified atom stereocenters. The van der Waals surface area contributed by atoms with Crippen molar-refractivity contribution < 1.29 is 9.90 Å². The summed E-state index contributed by atoms with van der Waals surface area (Å²) >= 11 is 8.07. The molecule has 1 aromatic heterocycles. The van der Waals surface area contributed by atoms with Gasteiger partial charge in [-0.3, -0.25) is 9.36 Å². The van der Waals surface area contributed by atoms with Gasteiger partial charge in [0, 0.05) is 23.2 Å². The molecule has 1 amide bonds. The highest BCUT2D eigenvalue weighted by molar-refractivity contribution is 7.98. The van der Waals surface area contributed by atoms with Crippen LogP contribution in [0, 0.1) is 0 Å². The fourth-order valence-corrected chi connectivity index (χ4v) is 5.85. The van der Waals surface area contributed by atoms with E-state index < -0.39 is 0 Å². The first-order valence-corrected chi connectivity index (χ1v) is 14.9. The van der Waals surface area contributed by atoms with E-state index in [9.17, 15) is 9.90 Å². The zero-order valence-corrected chi connectivity index (χ0v) is 24.1. The van der Waals surface area contributed by atoms with Gasteiger partial charge in [0.2, 0.25) is 0 Å². The van der Waals surface area contributed by atoms with E-state index in [1.807, 2.05) is 60.7 Å². The minimum Gasteiger partial charge on any atom is -0.507 e. The number of thioether (sulfide) groups is 1. The number of carbonyl (C=O) groups is 1. The quantitative estimate of drug-likeness (QED) is 0.118. The van der Waals surface area contributed by atoms with Gasteiger partial charge in [-0.1, -0.05) is 102 Å². The lowest BCUT2D eigenvalue weighted by Gasteiger charge is -2.19. The van der Waals surface area contributed by atoms with Crippen molar-refractivity contribution in [3.05, 3.63) is 137 Å². The Morgan fingerprint density at radius 2 is 1.59 bits per heavy atom. The lowest BCUT2D eigenvalue weighted by Crippen LogP contribution is -2.25. The Morgan fingerprint density at radius 1 is 0.878 bits per heavy atom. The number of benzene rings is 4. The molecule has 8 heteroatoms. The lowest BCUT2D eigenvalue weighted by atomic mass is 9.93. The maximum atomic E-state index is 12.6. The first kappa shape index (κ1) is 28.5. The number of phenols is 1. The van der Waals surface area contributed by atoms with Crippen LogP contribution in [0.15, 0.2) is 114 Å². The number of nitrogens with zero attached hydrogens (tertiary/aromatic N) is 3. The van der Waals surface area contributed by atoms with Crippen LogP contribution in [0.4, 0.5) is 0 Å². The van der Waals surface area contributed by atoms with Crippen LogP contribution in [0.1, 0.15) is 46.1 Å². The maximum absolute atomic E-state index is 12.6. The molecule has 0 bridgehead atoms. The van der Waals surface area contributed by atoms with E-state index in [-0.39, 0.29) is 23.1 Å². The Morgan fingerprint density at radius 3 is 2.32 bits per heavy atom. The van der Waals surface area contributed by atoms with Crippen LogP contribution in [0.25, 0.3) is 5.69 Å². The first-order valence-electron chi connectivity index (χ1n) is 13.6. The van der Waals surface area contributed by atoms with Gasteiger partial charge in [-0.15, -0.1) is 10.2 Å². The van der Waals surface area contributed by atoms with E-state index in [0.29, 0.717) is 11.6 Å². The van der Waals surface area contributed by atoms with E-state index in [2.05, 4.69) is 39.2 Å². The number of nitrogens with one attached hydrogen (secondary N) is 1. The number of amides is 1. The van der Waals surface area contributed by atoms with Gasteiger partial charge in [0.05, 0.1) is 11.3 Å². The highest BCUT2D eigenvalue weighted by atomic mass is 35.5. The van der Waals surface area contributed by atoms with E-state index in [1.54, 1.807) is 30.0 Å². The van der Waals surface area contributed by atoms with Crippen molar-refractivity contribution in [2.24, 2.45) is 0 Å². The molecule has 0 spiro atoms. The minimum absolute atomic E-state index is 0.0258. The van der Waals surface area contributed by atoms with Gasteiger partial charge in [-0.05, 0) is 60.7 Å². The summed E-state index contributed by atoms with van der Waals surface area (Å²) in [5, 5.41) is 23.8. The second kappa shape index (κ2) is 14.0. The average Bonchev–Trinajstić information content (AvgIpc) is 3.43. The summed E-state index contributed by atoms with van der Waals surface area (Å²) in [7, 11) is 0. The van der Waals surface area contributed by atoms with Crippen LogP contribution in [-0.2, 0) is 12.2 Å². The second-order valence-electron chi connectivity index (χ2n) is 9.73. The molecule has 5 rings (SSSR count). The fourth-order valence-electron chi connectivity index (χ4n) is 4.75. The van der Waals surface area contributed by atoms with E-state index in [1.165, 1.54) is 17.2 Å². The molecule has 1 heterocycles. The molecule has 208 valence electrons. The maximum Gasteiger partial charge on any atom is 0.255 e. The third kappa shape index (κ3) is 7.57. The number of rotatable bonds is 12. The number of para-hydroxylation sites is 1. The smallest absolute Gasteiger partial charge is 0.255 e. The molecule has 0 saturated heterocycles. The number of aromatic hydroxyl groups is 1. The van der Waals surface area contributed by atoms with Crippen molar-refractivity contribution in [1.82, 2.24) is 20.1 Å². The summed E-state index contributed by atoms with van der Waals surface area (Å²) in [5.74, 6) is 1.35. The van der Waals surface area contributed by atoms with Crippen LogP contribution >= 0.6 is 23.4 Å². The molecule has 0 aliphatic heterocycles. The lowest BCUT2D eigenvalue weighted by molar-refractivity contribution is 0.0950. The molecule has 4 aromatic carbocycles. The van der Waals surface area contributed by atoms with Gasteiger partial charge < -0.3 is 10.4 Å². The number of phenolic OH excluding ortho intramolecular Hbond substituents is 1. The Kier molecular flexibility index (Phi) is 9.73. The molecular weight excluding hydrogens is 552 g/mol. The van der Waals surface area contributed by atoms with Crippen molar-refractivity contribution in [3.8, 4) is 11.4 Å². The monoisotopic (exact) mass is 582 g/mol. The number of hydrogen-bond acceptors (Lipinski definition) is 5. The van der Waals surface area contributed by atoms with Crippen LogP contribution in [-0.4, -0.2) is 32.3 Å². The molecule has 6 nitrogen and oxygen atoms in total. The normalized spacial score (nSPS) is 11.7. The summed E-state index contributed by atoms with van der Waals surface area (Å²) < 4.78 is 2.12. The van der Waals surface area contributed by atoms with Crippen LogP contribution < -0.4 is 5.32 Å². The average molecular weight is 583 g/mol. The van der Waals surface area contributed by atoms with Crippen LogP contribution in [0.2, 0.25) is 5.02 Å². The number of halogens is 1. The Labute approximate surface area is 249 Å². The van der Waals surface area contributed by atoms with Gasteiger partial charge >= 0.3 is 0 Å². The topological polar surface area (TPSA) is 80.0 Å². The second-order valence-corrected chi connectivity index (χ2v) is 11.1. The zero-order valence-electron chi connectivity index (χ0n) is 22.5. The summed E-state index contributed by atoms with van der Waals surface area (Å²) in [6.45, 7) is 0.472. The van der Waals surface area contributed by atoms with Crippen molar-refractivity contribution in [2.75, 3.05) is 6.54 Å². The van der Waals surface area contributed by atoms with Crippen molar-refractivity contribution in [3.63, 3.8) is 0 Å². The molecule has 5 aromatic rings. The molecule has 0 aliphatic carbocycles. The molecule has 0 fully saturated rings. The highest BCUT2D eigenvalue weighted by Gasteiger charge is 2.24. The number of aromatic nitrogens is 3. The van der Waals surface area contributed by atoms with Crippen LogP contribution in [0.5, 0.6) is 5.75 Å². The SMILES string of the molecule is O=C(NCCCC(Cc1ccccc1)c1nnc(SCc2ccccc2)n1-c1cccc(Cl)c1)c1ccccc1O. The summed E-state index contributed by atoms with van der Waals surface area (Å²) in [4.78, 5) is 12.6. The van der Waals surface area contributed by atoms with E-state index in [0.717, 1.165) is 41.7 Å². The third-order valence-corrected chi connectivity index (χ3v) is 8.02. The standard InChI is InChI=1S/C33H31ClN4O2S/c34-27-16-9-17-28(22-27)38-31(36-37-33(38)41-23-25-13-5-2-6-14-25)26(21-24-11-3-1-4-12-24)15-10-20-35-32(40)29-18-7-8-19-30(29)39/h1-9,11-14,16-19,22,26,39H,10,15,20-21,23H2,(H,35,40). The van der Waals surface area contributed by atoms with Gasteiger partial charge in [0.15, 0.2) is 5.16 Å². The number of carbonyl (C=O) groups excluding carboxylic acids is 1. The van der Waals surface area contributed by atoms with Gasteiger partial charge in [0.25, 0.3) is 5.91 Å². The predicted octanol–water partition coefficient (Wildman–Crippen LogP) is 7.46. The largest absolute Gasteiger partial charge is 0.507 e. The van der Waals surface area contributed by atoms with Gasteiger partial charge in [-0.2, -0.15) is 0 Å². The summed E-state index contributed by atoms with van der Waals surface area (Å²) in [5.41, 5.74) is 3.60. The summed E-state index contributed by atoms with van der Waals surface area (Å²) in [6.07, 6.45) is 2.28. The van der Waals surface area contributed by atoms with Crippen molar-refractivity contribution in [2.45, 2.75) is 36.1 Å².